The van der Waals surface area contributed by atoms with Crippen LogP contribution in [0, 0.1) is 57.9 Å². The van der Waals surface area contributed by atoms with Crippen molar-refractivity contribution < 1.29 is 60.2 Å². The Morgan fingerprint density at radius 1 is 0.275 bits per heavy atom. The van der Waals surface area contributed by atoms with E-state index < -0.39 is 0 Å². The molecular weight excluding hydrogens is 1660 g/mol. The molecule has 3 aliphatic rings. The summed E-state index contributed by atoms with van der Waals surface area (Å²) in [4.78, 5) is 13.8. The first-order valence-corrected chi connectivity index (χ1v) is 45.6. The van der Waals surface area contributed by atoms with Crippen LogP contribution >= 0.6 is 0 Å². The summed E-state index contributed by atoms with van der Waals surface area (Å²) in [5.41, 5.74) is 21.9. The largest absolute Gasteiger partial charge is 0.494 e. The van der Waals surface area contributed by atoms with Gasteiger partial charge in [0, 0.05) is 146 Å². The molecule has 0 fully saturated rings. The highest BCUT2D eigenvalue weighted by molar-refractivity contribution is 6.17. The number of nitrogens with zero attached hydrogens (tertiary/aromatic N) is 7. The highest BCUT2D eigenvalue weighted by atomic mass is 19.1. The van der Waals surface area contributed by atoms with Crippen molar-refractivity contribution in [1.29, 1.82) is 0 Å². The van der Waals surface area contributed by atoms with Crippen molar-refractivity contribution in [3.63, 3.8) is 0 Å². The molecule has 15 rings (SSSR count). The van der Waals surface area contributed by atoms with Crippen LogP contribution in [0.25, 0.3) is 44.3 Å². The predicted molar refractivity (Wildman–Crippen MR) is 520 cm³/mol. The number of hydrogen-bond acceptors (Lipinski definition) is 19. The second-order valence-corrected chi connectivity index (χ2v) is 32.6. The Bertz CT molecular complexity index is 5440. The van der Waals surface area contributed by atoms with Crippen LogP contribution in [0.4, 0.5) is 17.6 Å². The van der Waals surface area contributed by atoms with E-state index in [2.05, 4.69) is 134 Å². The number of aryl methyl sites for hydroxylation is 7. The van der Waals surface area contributed by atoms with Gasteiger partial charge in [0.25, 0.3) is 0 Å². The average Bonchev–Trinajstić information content (AvgIpc) is 1.62. The lowest BCUT2D eigenvalue weighted by molar-refractivity contribution is 0.0985. The van der Waals surface area contributed by atoms with Gasteiger partial charge < -0.3 is 69.2 Å². The van der Waals surface area contributed by atoms with Crippen molar-refractivity contribution in [3.05, 3.63) is 289 Å². The van der Waals surface area contributed by atoms with Gasteiger partial charge in [-0.3, -0.25) is 24.3 Å². The van der Waals surface area contributed by atoms with Crippen molar-refractivity contribution in [1.82, 2.24) is 46.1 Å². The summed E-state index contributed by atoms with van der Waals surface area (Å²) in [6.45, 7) is 24.5. The molecular formula is C106H130F4N12O9. The molecule has 0 radical (unpaired) electrons. The van der Waals surface area contributed by atoms with Crippen molar-refractivity contribution in [2.75, 3.05) is 154 Å². The Hall–Kier alpha value is -11.5. The topological polar surface area (TPSA) is 216 Å². The Morgan fingerprint density at radius 3 is 0.992 bits per heavy atom. The number of halogens is 4. The van der Waals surface area contributed by atoms with E-state index in [1.54, 1.807) is 57.9 Å². The van der Waals surface area contributed by atoms with Crippen LogP contribution in [-0.4, -0.2) is 191 Å². The van der Waals surface area contributed by atoms with E-state index in [-0.39, 0.29) is 23.3 Å². The van der Waals surface area contributed by atoms with E-state index in [0.29, 0.717) is 149 Å². The molecule has 10 aromatic carbocycles. The molecule has 0 saturated carbocycles. The Morgan fingerprint density at radius 2 is 0.588 bits per heavy atom. The number of hydrogen-bond donors (Lipinski definition) is 5. The van der Waals surface area contributed by atoms with Crippen LogP contribution in [0.3, 0.4) is 0 Å². The standard InChI is InChI=1S/C22H28N2O.2C21H26FN3O2.2C21H25FN2O2/c1-17-7-12-21-19(15-17)16-24-22(21)18-8-10-20(11-9-18)25-14-6-4-3-5-13-23-2;1-15-5-7-18-20(13-15)25(3)24-21(18)17-8-6-16(14-19(17)22)27-11-4-10-26-12-9-23-2;1-15-5-7-18-20(13-15)25(3)24-21(18)17-8-6-16(14-19(17)22)27-12-11-26-10-4-9-23-2;1-15-4-6-18-16(12-15)14-24-21(18)19-7-5-17(13-20(19)22)26-10-3-9-25-11-8-23-2;1-15-4-6-18-16(12-15)14-24-21(18)19-7-5-17(13-20(19)22)26-11-10-25-9-3-8-23-2/h7-12,15,23H,3-6,13-14,16H2,1-2H3;2*5-8,13-14,23H,4,9-12H2,1-3H3;2*4-7,12-13,23H,3,8-11,14H2,1-2H3. The van der Waals surface area contributed by atoms with Crippen LogP contribution in [-0.2, 0) is 52.7 Å². The van der Waals surface area contributed by atoms with Crippen LogP contribution in [0.2, 0.25) is 0 Å². The van der Waals surface area contributed by atoms with Crippen molar-refractivity contribution >= 4 is 38.9 Å². The van der Waals surface area contributed by atoms with Gasteiger partial charge in [-0.1, -0.05) is 108 Å². The number of unbranched alkanes of at least 4 members (excludes halogenated alkanes) is 3. The summed E-state index contributed by atoms with van der Waals surface area (Å²) in [5, 5.41) is 26.3. The van der Waals surface area contributed by atoms with Gasteiger partial charge >= 0.3 is 0 Å². The minimum atomic E-state index is -0.344. The van der Waals surface area contributed by atoms with Gasteiger partial charge in [0.1, 0.15) is 76.6 Å². The van der Waals surface area contributed by atoms with Crippen LogP contribution in [0.5, 0.6) is 28.7 Å². The quantitative estimate of drug-likeness (QED) is 0.0177. The van der Waals surface area contributed by atoms with Gasteiger partial charge in [-0.15, -0.1) is 0 Å². The predicted octanol–water partition coefficient (Wildman–Crippen LogP) is 18.9. The van der Waals surface area contributed by atoms with Crippen molar-refractivity contribution in [2.24, 2.45) is 29.1 Å². The highest BCUT2D eigenvalue weighted by Gasteiger charge is 2.25. The first kappa shape index (κ1) is 100. The second kappa shape index (κ2) is 53.1. The molecule has 5 heterocycles. The normalized spacial score (nSPS) is 12.2. The Balaban J connectivity index is 0.000000158. The number of benzene rings is 10. The zero-order chi connectivity index (χ0) is 92.6. The molecule has 0 atom stereocenters. The Labute approximate surface area is 770 Å². The number of likely N-dealkylation sites (N-methyl/N-ethyl adjacent to an activating group) is 2. The maximum Gasteiger partial charge on any atom is 0.136 e. The van der Waals surface area contributed by atoms with Crippen LogP contribution in [0.1, 0.15) is 129 Å². The molecule has 0 saturated heterocycles. The number of ether oxygens (including phenoxy) is 9. The highest BCUT2D eigenvalue weighted by Crippen LogP contribution is 2.36. The van der Waals surface area contributed by atoms with Crippen molar-refractivity contribution in [2.45, 2.75) is 106 Å². The number of rotatable bonds is 45. The van der Waals surface area contributed by atoms with E-state index in [1.807, 2.05) is 112 Å². The molecule has 12 aromatic rings. The summed E-state index contributed by atoms with van der Waals surface area (Å²) in [6.07, 6.45) is 8.30. The minimum Gasteiger partial charge on any atom is -0.494 e. The molecule has 3 aliphatic heterocycles. The first-order valence-electron chi connectivity index (χ1n) is 45.6. The maximum atomic E-state index is 14.7. The minimum absolute atomic E-state index is 0.306. The van der Waals surface area contributed by atoms with Crippen molar-refractivity contribution in [3.8, 4) is 51.3 Å². The molecule has 0 amide bonds. The summed E-state index contributed by atoms with van der Waals surface area (Å²) < 4.78 is 112. The number of aromatic nitrogens is 4. The third-order valence-corrected chi connectivity index (χ3v) is 22.1. The monoisotopic (exact) mass is 1790 g/mol. The summed E-state index contributed by atoms with van der Waals surface area (Å²) in [6, 6.07) is 59.2. The maximum absolute atomic E-state index is 14.7. The molecule has 25 heteroatoms. The molecule has 5 N–H and O–H groups in total. The lowest BCUT2D eigenvalue weighted by Crippen LogP contribution is -2.15. The van der Waals surface area contributed by atoms with E-state index in [9.17, 15) is 17.6 Å². The second-order valence-electron chi connectivity index (χ2n) is 32.6. The fraction of sp³-hybridized carbons (Fsp3) is 0.387. The zero-order valence-corrected chi connectivity index (χ0v) is 78.2. The SMILES string of the molecule is CNCCCCCCOc1ccc(C2=NCc3cc(C)ccc32)cc1.CNCCCOCCOc1ccc(-c2nn(C)c3cc(C)ccc23)c(F)c1.CNCCCOCCOc1ccc(C2=NCc3cc(C)ccc32)c(F)c1.CNCCOCCCOc1ccc(-c2nn(C)c3cc(C)ccc23)c(F)c1.CNCCOCCCOc1ccc(C2=NCc3cc(C)ccc32)c(F)c1. The molecule has 0 spiro atoms. The molecule has 21 nitrogen and oxygen atoms in total. The fourth-order valence-corrected chi connectivity index (χ4v) is 15.2. The molecule has 0 aliphatic carbocycles. The lowest BCUT2D eigenvalue weighted by Gasteiger charge is -2.10. The Kier molecular flexibility index (Phi) is 40.6. The molecule has 0 bridgehead atoms. The van der Waals surface area contributed by atoms with E-state index in [1.165, 1.54) is 76.9 Å². The zero-order valence-electron chi connectivity index (χ0n) is 78.2. The number of fused-ring (bicyclic) bond motifs is 5. The average molecular weight is 1790 g/mol. The summed E-state index contributed by atoms with van der Waals surface area (Å²) >= 11 is 0. The van der Waals surface area contributed by atoms with Gasteiger partial charge in [0.15, 0.2) is 0 Å². The van der Waals surface area contributed by atoms with Gasteiger partial charge in [0.2, 0.25) is 0 Å². The van der Waals surface area contributed by atoms with E-state index in [0.717, 1.165) is 156 Å². The van der Waals surface area contributed by atoms with Gasteiger partial charge in [0.05, 0.1) is 94.1 Å². The molecule has 0 unspecified atom stereocenters. The third-order valence-electron chi connectivity index (χ3n) is 22.1. The van der Waals surface area contributed by atoms with E-state index in [4.69, 9.17) is 47.6 Å². The fourth-order valence-electron chi connectivity index (χ4n) is 15.2. The first-order chi connectivity index (χ1) is 63.8. The molecule has 696 valence electrons. The summed E-state index contributed by atoms with van der Waals surface area (Å²) in [5.74, 6) is 1.69. The van der Waals surface area contributed by atoms with Gasteiger partial charge in [-0.05, 0) is 228 Å². The smallest absolute Gasteiger partial charge is 0.136 e. The summed E-state index contributed by atoms with van der Waals surface area (Å²) in [7, 11) is 13.4. The van der Waals surface area contributed by atoms with Gasteiger partial charge in [-0.2, -0.15) is 10.2 Å². The van der Waals surface area contributed by atoms with Crippen LogP contribution < -0.4 is 50.3 Å². The number of aliphatic imine (C=N–C) groups is 3. The van der Waals surface area contributed by atoms with E-state index >= 15 is 0 Å². The van der Waals surface area contributed by atoms with Gasteiger partial charge in [-0.25, -0.2) is 17.6 Å². The molecule has 131 heavy (non-hydrogen) atoms. The lowest BCUT2D eigenvalue weighted by atomic mass is 9.98. The molecule has 2 aromatic heterocycles. The third kappa shape index (κ3) is 30.0. The van der Waals surface area contributed by atoms with Crippen LogP contribution in [0.15, 0.2) is 203 Å². The number of nitrogens with one attached hydrogen (secondary N) is 5.